The van der Waals surface area contributed by atoms with E-state index >= 15 is 0 Å². The summed E-state index contributed by atoms with van der Waals surface area (Å²) in [6.45, 7) is 1.05. The molecule has 0 unspecified atom stereocenters. The number of hydrogen-bond donors (Lipinski definition) is 1. The molecule has 1 amide bonds. The topological polar surface area (TPSA) is 96.7 Å². The van der Waals surface area contributed by atoms with Gasteiger partial charge >= 0.3 is 5.63 Å². The summed E-state index contributed by atoms with van der Waals surface area (Å²) in [5.41, 5.74) is -0.0549. The Bertz CT molecular complexity index is 1210. The van der Waals surface area contributed by atoms with Crippen LogP contribution in [-0.4, -0.2) is 31.7 Å². The van der Waals surface area contributed by atoms with Gasteiger partial charge in [0.2, 0.25) is 10.0 Å². The molecular weight excluding hydrogens is 392 g/mol. The van der Waals surface area contributed by atoms with Crippen molar-refractivity contribution >= 4 is 32.6 Å². The van der Waals surface area contributed by atoms with E-state index in [0.717, 1.165) is 19.3 Å². The lowest BCUT2D eigenvalue weighted by Crippen LogP contribution is -2.35. The first-order valence-electron chi connectivity index (χ1n) is 9.40. The van der Waals surface area contributed by atoms with Crippen LogP contribution in [0.2, 0.25) is 0 Å². The van der Waals surface area contributed by atoms with E-state index in [1.54, 1.807) is 24.3 Å². The average molecular weight is 412 g/mol. The van der Waals surface area contributed by atoms with E-state index in [9.17, 15) is 18.0 Å². The van der Waals surface area contributed by atoms with Gasteiger partial charge in [0.25, 0.3) is 5.91 Å². The number of rotatable bonds is 4. The predicted octanol–water partition coefficient (Wildman–Crippen LogP) is 3.22. The Labute approximate surface area is 168 Å². The Morgan fingerprint density at radius 3 is 2.38 bits per heavy atom. The number of benzene rings is 2. The van der Waals surface area contributed by atoms with Crippen LogP contribution in [0.25, 0.3) is 11.0 Å². The molecule has 1 aliphatic rings. The maximum Gasteiger partial charge on any atom is 0.349 e. The van der Waals surface area contributed by atoms with E-state index in [4.69, 9.17) is 4.42 Å². The maximum atomic E-state index is 12.7. The molecule has 0 bridgehead atoms. The van der Waals surface area contributed by atoms with E-state index < -0.39 is 21.6 Å². The van der Waals surface area contributed by atoms with Crippen LogP contribution in [0, 0.1) is 0 Å². The number of amides is 1. The molecule has 3 aromatic rings. The SMILES string of the molecule is O=C(Nc1ccc(S(=O)(=O)N2CCCCC2)cc1)c1cc2ccccc2oc1=O. The minimum absolute atomic E-state index is 0.117. The van der Waals surface area contributed by atoms with Crippen molar-refractivity contribution < 1.29 is 17.6 Å². The lowest BCUT2D eigenvalue weighted by Gasteiger charge is -2.25. The second-order valence-electron chi connectivity index (χ2n) is 6.93. The van der Waals surface area contributed by atoms with Gasteiger partial charge in [-0.3, -0.25) is 4.79 Å². The average Bonchev–Trinajstić information content (AvgIpc) is 2.74. The van der Waals surface area contributed by atoms with Crippen LogP contribution in [0.15, 0.2) is 68.7 Å². The van der Waals surface area contributed by atoms with E-state index in [-0.39, 0.29) is 10.5 Å². The molecular formula is C21H20N2O5S. The summed E-state index contributed by atoms with van der Waals surface area (Å²) in [5, 5.41) is 3.25. The van der Waals surface area contributed by atoms with Crippen LogP contribution in [0.1, 0.15) is 29.6 Å². The fourth-order valence-corrected chi connectivity index (χ4v) is 4.90. The summed E-state index contributed by atoms with van der Waals surface area (Å²) in [5.74, 6) is -0.615. The van der Waals surface area contributed by atoms with Crippen LogP contribution >= 0.6 is 0 Å². The summed E-state index contributed by atoms with van der Waals surface area (Å²) in [4.78, 5) is 24.8. The standard InChI is InChI=1S/C21H20N2O5S/c24-20(18-14-15-6-2-3-7-19(15)28-21(18)25)22-16-8-10-17(11-9-16)29(26,27)23-12-4-1-5-13-23/h2-3,6-11,14H,1,4-5,12-13H2,(H,22,24). The smallest absolute Gasteiger partial charge is 0.349 e. The second kappa shape index (κ2) is 7.81. The van der Waals surface area contributed by atoms with Gasteiger partial charge in [0.05, 0.1) is 4.90 Å². The number of carbonyl (C=O) groups excluding carboxylic acids is 1. The fraction of sp³-hybridized carbons (Fsp3) is 0.238. The van der Waals surface area contributed by atoms with Crippen molar-refractivity contribution in [3.05, 3.63) is 70.6 Å². The third-order valence-electron chi connectivity index (χ3n) is 4.95. The number of anilines is 1. The predicted molar refractivity (Wildman–Crippen MR) is 109 cm³/mol. The Kier molecular flexibility index (Phi) is 5.21. The van der Waals surface area contributed by atoms with Gasteiger partial charge in [0.1, 0.15) is 11.1 Å². The van der Waals surface area contributed by atoms with Crippen molar-refractivity contribution in [3.8, 4) is 0 Å². The largest absolute Gasteiger partial charge is 0.422 e. The number of piperidine rings is 1. The highest BCUT2D eigenvalue weighted by Crippen LogP contribution is 2.22. The summed E-state index contributed by atoms with van der Waals surface area (Å²) in [6.07, 6.45) is 2.77. The summed E-state index contributed by atoms with van der Waals surface area (Å²) in [7, 11) is -3.53. The number of carbonyl (C=O) groups is 1. The molecule has 0 saturated carbocycles. The van der Waals surface area contributed by atoms with Crippen molar-refractivity contribution in [2.24, 2.45) is 0 Å². The first-order valence-corrected chi connectivity index (χ1v) is 10.8. The van der Waals surface area contributed by atoms with Crippen molar-refractivity contribution in [2.75, 3.05) is 18.4 Å². The van der Waals surface area contributed by atoms with Crippen molar-refractivity contribution in [3.63, 3.8) is 0 Å². The van der Waals surface area contributed by atoms with Gasteiger partial charge in [-0.05, 0) is 49.2 Å². The monoisotopic (exact) mass is 412 g/mol. The number of para-hydroxylation sites is 1. The molecule has 0 aliphatic carbocycles. The number of hydrogen-bond acceptors (Lipinski definition) is 5. The summed E-state index contributed by atoms with van der Waals surface area (Å²) >= 11 is 0. The lowest BCUT2D eigenvalue weighted by molar-refractivity contribution is 0.102. The van der Waals surface area contributed by atoms with Crippen LogP contribution in [0.3, 0.4) is 0 Å². The highest BCUT2D eigenvalue weighted by atomic mass is 32.2. The summed E-state index contributed by atoms with van der Waals surface area (Å²) < 4.78 is 32.1. The minimum atomic E-state index is -3.53. The normalized spacial score (nSPS) is 15.3. The van der Waals surface area contributed by atoms with Crippen molar-refractivity contribution in [1.82, 2.24) is 4.31 Å². The maximum absolute atomic E-state index is 12.7. The number of fused-ring (bicyclic) bond motifs is 1. The molecule has 1 fully saturated rings. The molecule has 7 nitrogen and oxygen atoms in total. The molecule has 2 aromatic carbocycles. The molecule has 4 rings (SSSR count). The zero-order valence-corrected chi connectivity index (χ0v) is 16.4. The van der Waals surface area contributed by atoms with Crippen LogP contribution < -0.4 is 10.9 Å². The van der Waals surface area contributed by atoms with Gasteiger partial charge in [-0.25, -0.2) is 13.2 Å². The number of nitrogens with one attached hydrogen (secondary N) is 1. The molecule has 1 saturated heterocycles. The molecule has 2 heterocycles. The third kappa shape index (κ3) is 3.94. The Morgan fingerprint density at radius 1 is 0.966 bits per heavy atom. The van der Waals surface area contributed by atoms with E-state index in [0.29, 0.717) is 29.7 Å². The van der Waals surface area contributed by atoms with Gasteiger partial charge in [-0.1, -0.05) is 24.6 Å². The second-order valence-corrected chi connectivity index (χ2v) is 8.87. The molecule has 1 aliphatic heterocycles. The van der Waals surface area contributed by atoms with Crippen molar-refractivity contribution in [2.45, 2.75) is 24.2 Å². The molecule has 29 heavy (non-hydrogen) atoms. The first-order chi connectivity index (χ1) is 13.9. The Morgan fingerprint density at radius 2 is 1.66 bits per heavy atom. The highest BCUT2D eigenvalue weighted by Gasteiger charge is 2.25. The van der Waals surface area contributed by atoms with Gasteiger partial charge in [-0.2, -0.15) is 4.31 Å². The molecule has 1 aromatic heterocycles. The van der Waals surface area contributed by atoms with Crippen molar-refractivity contribution in [1.29, 1.82) is 0 Å². The summed E-state index contributed by atoms with van der Waals surface area (Å²) in [6, 6.07) is 14.3. The zero-order valence-electron chi connectivity index (χ0n) is 15.6. The quantitative estimate of drug-likeness (QED) is 0.664. The minimum Gasteiger partial charge on any atom is -0.422 e. The van der Waals surface area contributed by atoms with E-state index in [2.05, 4.69) is 5.32 Å². The lowest BCUT2D eigenvalue weighted by atomic mass is 10.1. The zero-order chi connectivity index (χ0) is 20.4. The molecule has 0 atom stereocenters. The van der Waals surface area contributed by atoms with Gasteiger partial charge in [0.15, 0.2) is 0 Å². The third-order valence-corrected chi connectivity index (χ3v) is 6.86. The molecule has 8 heteroatoms. The molecule has 1 N–H and O–H groups in total. The highest BCUT2D eigenvalue weighted by molar-refractivity contribution is 7.89. The van der Waals surface area contributed by atoms with Gasteiger partial charge in [-0.15, -0.1) is 0 Å². The van der Waals surface area contributed by atoms with Gasteiger partial charge < -0.3 is 9.73 Å². The van der Waals surface area contributed by atoms with Crippen LogP contribution in [0.4, 0.5) is 5.69 Å². The Balaban J connectivity index is 1.54. The van der Waals surface area contributed by atoms with Gasteiger partial charge in [0, 0.05) is 24.2 Å². The number of sulfonamides is 1. The van der Waals surface area contributed by atoms with Crippen LogP contribution in [0.5, 0.6) is 0 Å². The van der Waals surface area contributed by atoms with E-state index in [1.807, 2.05) is 0 Å². The number of nitrogens with zero attached hydrogens (tertiary/aromatic N) is 1. The van der Waals surface area contributed by atoms with Crippen LogP contribution in [-0.2, 0) is 10.0 Å². The fourth-order valence-electron chi connectivity index (χ4n) is 3.38. The van der Waals surface area contributed by atoms with E-state index in [1.165, 1.54) is 34.6 Å². The Hall–Kier alpha value is -2.97. The first kappa shape index (κ1) is 19.4. The molecule has 0 radical (unpaired) electrons. The molecule has 0 spiro atoms. The molecule has 150 valence electrons.